The second-order valence-electron chi connectivity index (χ2n) is 5.80. The highest BCUT2D eigenvalue weighted by molar-refractivity contribution is 7.16. The van der Waals surface area contributed by atoms with E-state index in [1.807, 2.05) is 34.6 Å². The van der Waals surface area contributed by atoms with Crippen molar-refractivity contribution in [1.82, 2.24) is 0 Å². The third kappa shape index (κ3) is 2.25. The van der Waals surface area contributed by atoms with Gasteiger partial charge in [0.05, 0.1) is 17.8 Å². The molecule has 0 amide bonds. The number of fused-ring (bicyclic) bond motifs is 1. The van der Waals surface area contributed by atoms with Gasteiger partial charge in [0, 0.05) is 10.4 Å². The summed E-state index contributed by atoms with van der Waals surface area (Å²) in [4.78, 5) is 13.2. The highest BCUT2D eigenvalue weighted by atomic mass is 32.1. The van der Waals surface area contributed by atoms with Gasteiger partial charge in [-0.1, -0.05) is 6.92 Å². The molecule has 0 spiro atoms. The summed E-state index contributed by atoms with van der Waals surface area (Å²) in [6, 6.07) is 0. The van der Waals surface area contributed by atoms with Gasteiger partial charge in [0.1, 0.15) is 10.6 Å². The summed E-state index contributed by atoms with van der Waals surface area (Å²) in [7, 11) is 0. The van der Waals surface area contributed by atoms with E-state index < -0.39 is 11.2 Å². The van der Waals surface area contributed by atoms with Crippen molar-refractivity contribution in [1.29, 1.82) is 0 Å². The lowest BCUT2D eigenvalue weighted by molar-refractivity contribution is -0.104. The van der Waals surface area contributed by atoms with Crippen molar-refractivity contribution in [3.8, 4) is 0 Å². The van der Waals surface area contributed by atoms with Gasteiger partial charge in [0.25, 0.3) is 0 Å². The average Bonchev–Trinajstić information content (AvgIpc) is 2.70. The molecule has 4 nitrogen and oxygen atoms in total. The fourth-order valence-corrected chi connectivity index (χ4v) is 3.90. The molecule has 0 saturated carbocycles. The molecule has 0 saturated heterocycles. The number of hydrogen-bond acceptors (Lipinski definition) is 5. The molecule has 0 bridgehead atoms. The fraction of sp³-hybridized carbons (Fsp3) is 0.643. The van der Waals surface area contributed by atoms with Crippen molar-refractivity contribution >= 4 is 22.3 Å². The Kier molecular flexibility index (Phi) is 3.39. The Balaban J connectivity index is 2.51. The molecule has 1 aliphatic rings. The zero-order chi connectivity index (χ0) is 14.4. The van der Waals surface area contributed by atoms with Crippen LogP contribution in [0.5, 0.6) is 0 Å². The molecule has 19 heavy (non-hydrogen) atoms. The molecule has 0 aliphatic carbocycles. The Hall–Kier alpha value is -1.07. The normalized spacial score (nSPS) is 19.2. The lowest BCUT2D eigenvalue weighted by Gasteiger charge is -2.25. The SMILES string of the molecule is CCCOC(=O)c1c(N)sc2c1C(C)(C)OC2(C)C. The number of hydrogen-bond donors (Lipinski definition) is 1. The van der Waals surface area contributed by atoms with E-state index in [9.17, 15) is 4.79 Å². The molecular formula is C14H21NO3S. The maximum absolute atomic E-state index is 12.2. The Morgan fingerprint density at radius 3 is 2.53 bits per heavy atom. The van der Waals surface area contributed by atoms with Crippen LogP contribution in [0, 0.1) is 0 Å². The molecule has 0 atom stereocenters. The number of carbonyl (C=O) groups excluding carboxylic acids is 1. The van der Waals surface area contributed by atoms with E-state index in [1.165, 1.54) is 11.3 Å². The van der Waals surface area contributed by atoms with E-state index in [0.717, 1.165) is 16.9 Å². The van der Waals surface area contributed by atoms with Crippen molar-refractivity contribution in [3.63, 3.8) is 0 Å². The van der Waals surface area contributed by atoms with Gasteiger partial charge < -0.3 is 15.2 Å². The molecular weight excluding hydrogens is 262 g/mol. The Bertz CT molecular complexity index is 517. The van der Waals surface area contributed by atoms with Crippen LogP contribution in [0.25, 0.3) is 0 Å². The standard InChI is InChI=1S/C14H21NO3S/c1-6-7-17-12(16)8-9-10(19-11(8)15)14(4,5)18-13(9,2)3/h6-7,15H2,1-5H3. The van der Waals surface area contributed by atoms with E-state index >= 15 is 0 Å². The number of ether oxygens (including phenoxy) is 2. The number of esters is 1. The van der Waals surface area contributed by atoms with E-state index in [2.05, 4.69) is 0 Å². The van der Waals surface area contributed by atoms with Gasteiger partial charge in [0.15, 0.2) is 0 Å². The number of thiophene rings is 1. The monoisotopic (exact) mass is 283 g/mol. The van der Waals surface area contributed by atoms with Crippen molar-refractivity contribution < 1.29 is 14.3 Å². The molecule has 106 valence electrons. The number of carbonyl (C=O) groups is 1. The van der Waals surface area contributed by atoms with Gasteiger partial charge in [-0.3, -0.25) is 0 Å². The number of nitrogens with two attached hydrogens (primary N) is 1. The first-order chi connectivity index (χ1) is 8.70. The van der Waals surface area contributed by atoms with Gasteiger partial charge in [-0.25, -0.2) is 4.79 Å². The zero-order valence-corrected chi connectivity index (χ0v) is 12.9. The smallest absolute Gasteiger partial charge is 0.341 e. The molecule has 2 heterocycles. The number of rotatable bonds is 3. The average molecular weight is 283 g/mol. The van der Waals surface area contributed by atoms with Crippen molar-refractivity contribution in [2.75, 3.05) is 12.3 Å². The van der Waals surface area contributed by atoms with Gasteiger partial charge in [-0.2, -0.15) is 0 Å². The molecule has 1 aromatic heterocycles. The van der Waals surface area contributed by atoms with Crippen LogP contribution in [-0.2, 0) is 20.7 Å². The lowest BCUT2D eigenvalue weighted by atomic mass is 9.94. The maximum Gasteiger partial charge on any atom is 0.341 e. The van der Waals surface area contributed by atoms with Crippen molar-refractivity contribution in [2.24, 2.45) is 0 Å². The highest BCUT2D eigenvalue weighted by Gasteiger charge is 2.48. The van der Waals surface area contributed by atoms with Crippen LogP contribution in [0.15, 0.2) is 0 Å². The Morgan fingerprint density at radius 1 is 1.32 bits per heavy atom. The number of anilines is 1. The summed E-state index contributed by atoms with van der Waals surface area (Å²) in [5.41, 5.74) is 6.47. The Morgan fingerprint density at radius 2 is 1.95 bits per heavy atom. The summed E-state index contributed by atoms with van der Waals surface area (Å²) in [6.07, 6.45) is 0.795. The summed E-state index contributed by atoms with van der Waals surface area (Å²) in [6.45, 7) is 10.3. The van der Waals surface area contributed by atoms with Crippen molar-refractivity contribution in [2.45, 2.75) is 52.2 Å². The van der Waals surface area contributed by atoms with Crippen LogP contribution < -0.4 is 5.73 Å². The largest absolute Gasteiger partial charge is 0.462 e. The van der Waals surface area contributed by atoms with E-state index in [-0.39, 0.29) is 5.97 Å². The molecule has 5 heteroatoms. The summed E-state index contributed by atoms with van der Waals surface area (Å²) >= 11 is 1.43. The van der Waals surface area contributed by atoms with E-state index in [4.69, 9.17) is 15.2 Å². The van der Waals surface area contributed by atoms with Crippen LogP contribution in [0.4, 0.5) is 5.00 Å². The zero-order valence-electron chi connectivity index (χ0n) is 12.1. The molecule has 0 unspecified atom stereocenters. The third-order valence-corrected chi connectivity index (χ3v) is 4.56. The summed E-state index contributed by atoms with van der Waals surface area (Å²) in [5.74, 6) is -0.341. The fourth-order valence-electron chi connectivity index (χ4n) is 2.65. The predicted octanol–water partition coefficient (Wildman–Crippen LogP) is 3.40. The molecule has 1 aromatic rings. The second kappa shape index (κ2) is 4.49. The summed E-state index contributed by atoms with van der Waals surface area (Å²) < 4.78 is 11.3. The van der Waals surface area contributed by atoms with Gasteiger partial charge in [-0.15, -0.1) is 11.3 Å². The van der Waals surface area contributed by atoms with Crippen LogP contribution in [-0.4, -0.2) is 12.6 Å². The minimum atomic E-state index is -0.520. The van der Waals surface area contributed by atoms with E-state index in [1.54, 1.807) is 0 Å². The second-order valence-corrected chi connectivity index (χ2v) is 6.86. The molecule has 0 aromatic carbocycles. The molecule has 0 radical (unpaired) electrons. The van der Waals surface area contributed by atoms with Gasteiger partial charge in [0.2, 0.25) is 0 Å². The van der Waals surface area contributed by atoms with Gasteiger partial charge >= 0.3 is 5.97 Å². The van der Waals surface area contributed by atoms with Crippen molar-refractivity contribution in [3.05, 3.63) is 16.0 Å². The molecule has 1 aliphatic heterocycles. The molecule has 2 N–H and O–H groups in total. The Labute approximate surface area is 117 Å². The van der Waals surface area contributed by atoms with Crippen LogP contribution in [0.1, 0.15) is 61.8 Å². The molecule has 2 rings (SSSR count). The lowest BCUT2D eigenvalue weighted by Crippen LogP contribution is -2.24. The van der Waals surface area contributed by atoms with Crippen LogP contribution in [0.2, 0.25) is 0 Å². The van der Waals surface area contributed by atoms with Gasteiger partial charge in [-0.05, 0) is 34.1 Å². The van der Waals surface area contributed by atoms with Crippen LogP contribution in [0.3, 0.4) is 0 Å². The number of nitrogen functional groups attached to an aromatic ring is 1. The first-order valence-corrected chi connectivity index (χ1v) is 7.33. The van der Waals surface area contributed by atoms with E-state index in [0.29, 0.717) is 17.2 Å². The summed E-state index contributed by atoms with van der Waals surface area (Å²) in [5, 5.41) is 0.524. The topological polar surface area (TPSA) is 61.5 Å². The minimum absolute atomic E-state index is 0.341. The maximum atomic E-state index is 12.2. The minimum Gasteiger partial charge on any atom is -0.462 e. The quantitative estimate of drug-likeness (QED) is 0.864. The third-order valence-electron chi connectivity index (χ3n) is 3.24. The first-order valence-electron chi connectivity index (χ1n) is 6.51. The molecule has 0 fully saturated rings. The highest BCUT2D eigenvalue weighted by Crippen LogP contribution is 2.53. The van der Waals surface area contributed by atoms with Crippen LogP contribution >= 0.6 is 11.3 Å². The first kappa shape index (κ1) is 14.3. The predicted molar refractivity (Wildman–Crippen MR) is 76.4 cm³/mol.